The van der Waals surface area contributed by atoms with E-state index in [0.717, 1.165) is 38.8 Å². The number of carbonyl (C=O) groups is 2. The zero-order chi connectivity index (χ0) is 46.7. The van der Waals surface area contributed by atoms with Gasteiger partial charge in [0.15, 0.2) is 0 Å². The van der Waals surface area contributed by atoms with Crippen LogP contribution >= 0.6 is 0 Å². The summed E-state index contributed by atoms with van der Waals surface area (Å²) in [5.74, 6) is 0. The molecule has 0 aromatic carbocycles. The lowest BCUT2D eigenvalue weighted by molar-refractivity contribution is 0.00619. The predicted octanol–water partition coefficient (Wildman–Crippen LogP) is 6.95. The van der Waals surface area contributed by atoms with Crippen LogP contribution in [-0.4, -0.2) is 132 Å². The summed E-state index contributed by atoms with van der Waals surface area (Å²) in [6.07, 6.45) is 6.16. The van der Waals surface area contributed by atoms with E-state index in [1.54, 1.807) is 9.80 Å². The molecule has 0 radical (unpaired) electrons. The second-order valence-corrected chi connectivity index (χ2v) is 27.1. The van der Waals surface area contributed by atoms with Crippen molar-refractivity contribution < 1.29 is 41.4 Å². The monoisotopic (exact) mass is 923 g/mol. The zero-order valence-corrected chi connectivity index (χ0v) is 41.8. The van der Waals surface area contributed by atoms with Gasteiger partial charge in [0.25, 0.3) is 0 Å². The average Bonchev–Trinajstić information content (AvgIpc) is 3.70. The number of likely N-dealkylation sites (tertiary alicyclic amines) is 2. The predicted molar refractivity (Wildman–Crippen MR) is 245 cm³/mol. The maximum absolute atomic E-state index is 14.2. The highest BCUT2D eigenvalue weighted by molar-refractivity contribution is 7.84. The first-order valence-electron chi connectivity index (χ1n) is 23.1. The summed E-state index contributed by atoms with van der Waals surface area (Å²) >= 11 is 0. The Morgan fingerprint density at radius 3 is 1.37 bits per heavy atom. The second kappa shape index (κ2) is 20.6. The van der Waals surface area contributed by atoms with E-state index in [1.807, 2.05) is 83.1 Å². The molecule has 0 aromatic rings. The first-order valence-corrected chi connectivity index (χ1v) is 25.4. The number of hydrogen-bond acceptors (Lipinski definition) is 9. The van der Waals surface area contributed by atoms with E-state index in [1.165, 1.54) is 0 Å². The molecule has 3 saturated heterocycles. The van der Waals surface area contributed by atoms with Gasteiger partial charge in [-0.2, -0.15) is 0 Å². The van der Waals surface area contributed by atoms with Crippen LogP contribution in [0, 0.1) is 16.2 Å². The van der Waals surface area contributed by atoms with Gasteiger partial charge in [-0.05, 0) is 189 Å². The van der Waals surface area contributed by atoms with Gasteiger partial charge in [0.1, 0.15) is 23.5 Å². The molecule has 3 heterocycles. The number of ether oxygens (including phenoxy) is 2. The van der Waals surface area contributed by atoms with E-state index in [-0.39, 0.29) is 62.2 Å². The van der Waals surface area contributed by atoms with E-state index in [0.29, 0.717) is 77.5 Å². The number of amides is 2. The van der Waals surface area contributed by atoms with E-state index in [2.05, 4.69) is 14.8 Å². The number of hydrogen-bond donors (Lipinski definition) is 5. The molecule has 0 aromatic heterocycles. The van der Waals surface area contributed by atoms with Crippen molar-refractivity contribution in [2.45, 2.75) is 217 Å². The Morgan fingerprint density at radius 2 is 1.00 bits per heavy atom. The normalized spacial score (nSPS) is 30.6. The molecule has 3 aliphatic carbocycles. The Labute approximate surface area is 377 Å². The van der Waals surface area contributed by atoms with Crippen molar-refractivity contribution in [2.24, 2.45) is 22.0 Å². The highest BCUT2D eigenvalue weighted by Crippen LogP contribution is 2.49. The molecule has 0 unspecified atom stereocenters. The maximum atomic E-state index is 14.2. The number of piperidine rings is 3. The molecule has 6 fully saturated rings. The molecule has 8 atom stereocenters. The molecule has 362 valence electrons. The van der Waals surface area contributed by atoms with Crippen molar-refractivity contribution >= 4 is 34.2 Å². The number of nitrogens with one attached hydrogen (secondary N) is 3. The van der Waals surface area contributed by atoms with E-state index >= 15 is 0 Å². The summed E-state index contributed by atoms with van der Waals surface area (Å²) < 4.78 is 68.9. The minimum absolute atomic E-state index is 0.0170. The molecule has 3 aliphatic heterocycles. The van der Waals surface area contributed by atoms with Crippen LogP contribution in [0.15, 0.2) is 0 Å². The Morgan fingerprint density at radius 1 is 0.629 bits per heavy atom. The number of alkyl halides is 2. The maximum Gasteiger partial charge on any atom is 0.410 e. The third-order valence-electron chi connectivity index (χ3n) is 13.7. The van der Waals surface area contributed by atoms with Crippen molar-refractivity contribution in [1.29, 1.82) is 0 Å². The van der Waals surface area contributed by atoms with Crippen LogP contribution in [0.2, 0.25) is 0 Å². The smallest absolute Gasteiger partial charge is 0.410 e. The molecular weight excluding hydrogens is 839 g/mol. The van der Waals surface area contributed by atoms with Crippen molar-refractivity contribution in [1.82, 2.24) is 24.6 Å². The zero-order valence-electron chi connectivity index (χ0n) is 40.1. The number of halogens is 2. The van der Waals surface area contributed by atoms with Gasteiger partial charge in [0.2, 0.25) is 0 Å². The Kier molecular flexibility index (Phi) is 17.6. The van der Waals surface area contributed by atoms with Gasteiger partial charge in [-0.1, -0.05) is 0 Å². The Bertz CT molecular complexity index is 1450. The van der Waals surface area contributed by atoms with Gasteiger partial charge in [0, 0.05) is 44.3 Å². The van der Waals surface area contributed by atoms with Gasteiger partial charge < -0.3 is 35.4 Å². The molecule has 6 rings (SSSR count). The van der Waals surface area contributed by atoms with Crippen LogP contribution in [0.25, 0.3) is 0 Å². The first-order chi connectivity index (χ1) is 28.4. The molecule has 3 saturated carbocycles. The molecule has 0 bridgehead atoms. The van der Waals surface area contributed by atoms with Crippen LogP contribution in [0.4, 0.5) is 18.4 Å². The van der Waals surface area contributed by atoms with Gasteiger partial charge >= 0.3 is 12.2 Å². The van der Waals surface area contributed by atoms with Gasteiger partial charge in [0.05, 0.1) is 37.6 Å². The summed E-state index contributed by atoms with van der Waals surface area (Å²) in [5.41, 5.74) is 4.78. The van der Waals surface area contributed by atoms with Gasteiger partial charge in [-0.15, -0.1) is 0 Å². The van der Waals surface area contributed by atoms with Crippen LogP contribution in [0.5, 0.6) is 0 Å². The molecule has 17 heteroatoms. The first kappa shape index (κ1) is 53.1. The van der Waals surface area contributed by atoms with Crippen molar-refractivity contribution in [3.63, 3.8) is 0 Å². The topological polar surface area (TPSA) is 176 Å². The fraction of sp³-hybridized carbons (Fsp3) is 0.956. The summed E-state index contributed by atoms with van der Waals surface area (Å²) in [4.78, 5) is 28.0. The molecule has 6 aliphatic rings. The third kappa shape index (κ3) is 14.5. The van der Waals surface area contributed by atoms with Gasteiger partial charge in [-0.3, -0.25) is 0 Å². The number of nitrogens with two attached hydrogens (primary N) is 1. The molecule has 6 N–H and O–H groups in total. The fourth-order valence-corrected chi connectivity index (χ4v) is 12.0. The summed E-state index contributed by atoms with van der Waals surface area (Å²) in [5, 5.41) is 13.5. The SMILES string of the molecule is CC(C)(C)OC(=O)N1CCC2(CC1)C[C@@H](O)C[C@H]2N[S@](=O)C(C)(C)C.CC(C)(C)OC(=O)N1CCC2(CC1)C[C@H](F)C[C@H]2N[S@](=O)C(C)(C)C.N[C@@H]1C[C@@H](F)CC12CCNCC2. The van der Waals surface area contributed by atoms with Crippen LogP contribution in [0.1, 0.15) is 160 Å². The third-order valence-corrected chi connectivity index (χ3v) is 16.9. The molecule has 13 nitrogen and oxygen atoms in total. The summed E-state index contributed by atoms with van der Waals surface area (Å²) in [6, 6.07) is 0.0151. The lowest BCUT2D eigenvalue weighted by Crippen LogP contribution is -2.52. The highest BCUT2D eigenvalue weighted by Gasteiger charge is 2.52. The van der Waals surface area contributed by atoms with Crippen LogP contribution in [0.3, 0.4) is 0 Å². The Hall–Kier alpha value is -1.50. The lowest BCUT2D eigenvalue weighted by Gasteiger charge is -2.43. The second-order valence-electron chi connectivity index (χ2n) is 23.1. The van der Waals surface area contributed by atoms with Gasteiger partial charge in [-0.25, -0.2) is 36.2 Å². The quantitative estimate of drug-likeness (QED) is 0.200. The standard InChI is InChI=1S/C18H33FN2O3S.C18H34N2O4S.C9H17FN2/c1-16(2,3)24-15(22)21-9-7-18(8-10-21)12-13(19)11-14(18)20-25(23)17(4,5)6;1-16(2,3)24-15(22)20-9-7-18(8-10-20)12-13(21)11-14(18)19-25(23)17(4,5)6;10-7-5-8(11)9(6-7)1-3-12-4-2-9/h13-14,20H,7-12H2,1-6H3;13-14,19,21H,7-12H2,1-6H3;7-8,12H,1-6,11H2/t13-,14-,25-;13-,14+,25+;7-,8-/m101/s1. The van der Waals surface area contributed by atoms with E-state index < -0.39 is 45.5 Å². The fourth-order valence-electron chi connectivity index (χ4n) is 10.1. The number of rotatable bonds is 4. The largest absolute Gasteiger partial charge is 0.444 e. The van der Waals surface area contributed by atoms with Crippen LogP contribution in [-0.2, 0) is 31.4 Å². The number of nitrogens with zero attached hydrogens (tertiary/aromatic N) is 2. The van der Waals surface area contributed by atoms with Crippen molar-refractivity contribution in [3.05, 3.63) is 0 Å². The molecule has 2 amide bonds. The molecule has 3 spiro atoms. The number of carbonyl (C=O) groups excluding carboxylic acids is 2. The molecule has 62 heavy (non-hydrogen) atoms. The number of aliphatic hydroxyl groups excluding tert-OH is 1. The summed E-state index contributed by atoms with van der Waals surface area (Å²) in [7, 11) is -2.39. The Balaban J connectivity index is 0.000000217. The minimum Gasteiger partial charge on any atom is -0.444 e. The lowest BCUT2D eigenvalue weighted by atomic mass is 9.74. The molecular formula is C45H84F2N6O7S2. The minimum atomic E-state index is -1.22. The van der Waals surface area contributed by atoms with Crippen molar-refractivity contribution in [3.8, 4) is 0 Å². The van der Waals surface area contributed by atoms with Crippen LogP contribution < -0.4 is 20.5 Å². The summed E-state index contributed by atoms with van der Waals surface area (Å²) in [6.45, 7) is 27.1. The highest BCUT2D eigenvalue weighted by atomic mass is 32.2. The average molecular weight is 923 g/mol. The van der Waals surface area contributed by atoms with Crippen molar-refractivity contribution in [2.75, 3.05) is 39.3 Å². The number of aliphatic hydroxyl groups is 1. The van der Waals surface area contributed by atoms with E-state index in [4.69, 9.17) is 15.2 Å². The van der Waals surface area contributed by atoms with E-state index in [9.17, 15) is 31.9 Å².